The van der Waals surface area contributed by atoms with E-state index in [2.05, 4.69) is 74.4 Å². The Kier molecular flexibility index (Phi) is 9.03. The van der Waals surface area contributed by atoms with Gasteiger partial charge in [-0.05, 0) is 52.6 Å². The van der Waals surface area contributed by atoms with Crippen LogP contribution in [0.25, 0.3) is 11.1 Å². The van der Waals surface area contributed by atoms with E-state index >= 15 is 0 Å². The van der Waals surface area contributed by atoms with Crippen LogP contribution < -0.4 is 0 Å². The molecule has 0 aliphatic heterocycles. The van der Waals surface area contributed by atoms with E-state index in [0.29, 0.717) is 0 Å². The maximum atomic E-state index is 5.53. The van der Waals surface area contributed by atoms with Crippen LogP contribution in [0.5, 0.6) is 0 Å². The molecule has 3 heteroatoms. The molecule has 0 unspecified atom stereocenters. The van der Waals surface area contributed by atoms with Gasteiger partial charge in [-0.25, -0.2) is 0 Å². The Bertz CT molecular complexity index is 946. The molecule has 0 saturated heterocycles. The Hall–Kier alpha value is -1.06. The van der Waals surface area contributed by atoms with E-state index in [1.54, 1.807) is 0 Å². The number of hydrogen-bond acceptors (Lipinski definition) is 0. The summed E-state index contributed by atoms with van der Waals surface area (Å²) in [6, 6.07) is 13.5. The smallest absolute Gasteiger partial charge is 0.0127 e. The predicted molar refractivity (Wildman–Crippen MR) is 121 cm³/mol. The summed E-state index contributed by atoms with van der Waals surface area (Å²) >= 11 is 0. The van der Waals surface area contributed by atoms with Crippen LogP contribution in [0.3, 0.4) is 0 Å². The van der Waals surface area contributed by atoms with E-state index in [9.17, 15) is 0 Å². The zero-order valence-corrected chi connectivity index (χ0v) is 20.5. The van der Waals surface area contributed by atoms with E-state index < -0.39 is 0 Å². The fourth-order valence-corrected chi connectivity index (χ4v) is 4.41. The van der Waals surface area contributed by atoms with Crippen LogP contribution in [0.1, 0.15) is 48.9 Å². The van der Waals surface area contributed by atoms with Crippen molar-refractivity contribution >= 4 is 24.8 Å². The Morgan fingerprint density at radius 2 is 1.82 bits per heavy atom. The second kappa shape index (κ2) is 10.1. The Labute approximate surface area is 200 Å². The Morgan fingerprint density at radius 1 is 1.07 bits per heavy atom. The van der Waals surface area contributed by atoms with Gasteiger partial charge in [-0.1, -0.05) is 74.0 Å². The average molecular weight is 489 g/mol. The van der Waals surface area contributed by atoms with Gasteiger partial charge in [-0.3, -0.25) is 0 Å². The van der Waals surface area contributed by atoms with Crippen molar-refractivity contribution in [2.24, 2.45) is 0 Å². The summed E-state index contributed by atoms with van der Waals surface area (Å²) in [6.45, 7) is 4.73. The molecule has 2 aromatic carbocycles. The second-order valence-corrected chi connectivity index (χ2v) is 7.61. The van der Waals surface area contributed by atoms with Gasteiger partial charge in [0.15, 0.2) is 0 Å². The molecule has 0 radical (unpaired) electrons. The third-order valence-electron chi connectivity index (χ3n) is 5.84. The van der Waals surface area contributed by atoms with Crippen LogP contribution in [0.4, 0.5) is 0 Å². The molecule has 2 aliphatic rings. The first-order valence-electron chi connectivity index (χ1n) is 9.16. The molecule has 2 aliphatic carbocycles. The topological polar surface area (TPSA) is 0 Å². The van der Waals surface area contributed by atoms with Crippen molar-refractivity contribution in [2.75, 3.05) is 0 Å². The number of rotatable bonds is 4. The molecule has 0 aromatic heterocycles. The third-order valence-corrected chi connectivity index (χ3v) is 5.84. The number of benzene rings is 2. The minimum atomic E-state index is 0. The van der Waals surface area contributed by atoms with Crippen molar-refractivity contribution < 1.29 is 26.2 Å². The molecule has 4 rings (SSSR count). The molecular formula is C25H26Cl2Zr. The van der Waals surface area contributed by atoms with Crippen molar-refractivity contribution in [1.82, 2.24) is 0 Å². The van der Waals surface area contributed by atoms with Gasteiger partial charge in [0.2, 0.25) is 0 Å². The number of hydrogen-bond donors (Lipinski definition) is 0. The van der Waals surface area contributed by atoms with Crippen LogP contribution in [0, 0.1) is 12.3 Å². The van der Waals surface area contributed by atoms with Gasteiger partial charge in [0.1, 0.15) is 0 Å². The fourth-order valence-electron chi connectivity index (χ4n) is 4.41. The van der Waals surface area contributed by atoms with Gasteiger partial charge >= 0.3 is 0 Å². The Morgan fingerprint density at radius 3 is 2.50 bits per heavy atom. The summed E-state index contributed by atoms with van der Waals surface area (Å²) < 4.78 is 0. The average Bonchev–Trinajstić information content (AvgIpc) is 3.27. The van der Waals surface area contributed by atoms with E-state index in [0.717, 1.165) is 25.7 Å². The molecule has 28 heavy (non-hydrogen) atoms. The van der Waals surface area contributed by atoms with Crippen LogP contribution in [-0.4, -0.2) is 0 Å². The summed E-state index contributed by atoms with van der Waals surface area (Å²) in [6.07, 6.45) is 16.1. The number of fused-ring (bicyclic) bond motifs is 3. The molecule has 0 heterocycles. The van der Waals surface area contributed by atoms with Crippen LogP contribution in [0.2, 0.25) is 0 Å². The quantitative estimate of drug-likeness (QED) is 0.353. The zero-order valence-electron chi connectivity index (χ0n) is 16.4. The van der Waals surface area contributed by atoms with Crippen LogP contribution in [-0.2, 0) is 44.5 Å². The molecule has 0 nitrogen and oxygen atoms in total. The van der Waals surface area contributed by atoms with E-state index in [-0.39, 0.29) is 56.4 Å². The molecule has 2 aromatic rings. The van der Waals surface area contributed by atoms with E-state index in [4.69, 9.17) is 6.42 Å². The van der Waals surface area contributed by atoms with Crippen molar-refractivity contribution in [1.29, 1.82) is 0 Å². The summed E-state index contributed by atoms with van der Waals surface area (Å²) in [5, 5.41) is 0. The first-order chi connectivity index (χ1) is 12.1. The predicted octanol–water partition coefficient (Wildman–Crippen LogP) is 6.83. The number of halogens is 2. The standard InChI is InChI=1S/C25H24.2ClH.Zr/c1-4-5-10-18-15-16-23(25(2,3)20-12-7-8-13-20)22-17-19-11-6-9-14-21(19)24(18)22;;;/h1,6-9,11-12,14-16H,5,10,13,17H2,2-3H3;2*1H;. The number of terminal acetylenes is 1. The maximum Gasteiger partial charge on any atom is 0.0127 e. The van der Waals surface area contributed by atoms with Gasteiger partial charge in [0.05, 0.1) is 0 Å². The minimum absolute atomic E-state index is 0. The minimum Gasteiger partial charge on any atom is -0.147 e. The normalized spacial score (nSPS) is 13.2. The van der Waals surface area contributed by atoms with Crippen LogP contribution >= 0.6 is 24.8 Å². The molecular weight excluding hydrogens is 462 g/mol. The maximum absolute atomic E-state index is 5.53. The van der Waals surface area contributed by atoms with Crippen molar-refractivity contribution in [3.63, 3.8) is 0 Å². The van der Waals surface area contributed by atoms with Crippen molar-refractivity contribution in [3.05, 3.63) is 82.5 Å². The second-order valence-electron chi connectivity index (χ2n) is 7.61. The van der Waals surface area contributed by atoms with E-state index in [1.165, 1.54) is 39.0 Å². The van der Waals surface area contributed by atoms with Crippen molar-refractivity contribution in [3.8, 4) is 23.5 Å². The summed E-state index contributed by atoms with van der Waals surface area (Å²) in [4.78, 5) is 0. The molecule has 0 saturated carbocycles. The van der Waals surface area contributed by atoms with Crippen LogP contribution in [0.15, 0.2) is 60.2 Å². The molecule has 0 amide bonds. The first-order valence-corrected chi connectivity index (χ1v) is 9.16. The molecule has 0 N–H and O–H groups in total. The fraction of sp³-hybridized carbons (Fsp3) is 0.280. The molecule has 0 spiro atoms. The molecule has 0 fully saturated rings. The number of aryl methyl sites for hydroxylation is 1. The summed E-state index contributed by atoms with van der Waals surface area (Å²) in [5.74, 6) is 2.80. The molecule has 0 bridgehead atoms. The first kappa shape index (κ1) is 25.0. The summed E-state index contributed by atoms with van der Waals surface area (Å²) in [7, 11) is 0. The molecule has 0 atom stereocenters. The summed E-state index contributed by atoms with van der Waals surface area (Å²) in [5.41, 5.74) is 10.2. The van der Waals surface area contributed by atoms with Gasteiger partial charge in [0, 0.05) is 38.0 Å². The van der Waals surface area contributed by atoms with Gasteiger partial charge < -0.3 is 0 Å². The third kappa shape index (κ3) is 4.26. The van der Waals surface area contributed by atoms with Gasteiger partial charge in [-0.2, -0.15) is 0 Å². The SMILES string of the molecule is C#CCCc1ccc(C(C)(C)C2=CC=CC2)c2c1-c1ccccc1C2.Cl.Cl.[Zr]. The largest absolute Gasteiger partial charge is 0.147 e. The van der Waals surface area contributed by atoms with E-state index in [1.807, 2.05) is 0 Å². The zero-order chi connectivity index (χ0) is 17.4. The number of allylic oxidation sites excluding steroid dienone is 4. The van der Waals surface area contributed by atoms with Gasteiger partial charge in [-0.15, -0.1) is 37.2 Å². The molecule has 144 valence electrons. The van der Waals surface area contributed by atoms with Gasteiger partial charge in [0.25, 0.3) is 0 Å². The monoisotopic (exact) mass is 486 g/mol. The van der Waals surface area contributed by atoms with Crippen molar-refractivity contribution in [2.45, 2.75) is 44.9 Å². The Balaban J connectivity index is 0.00000131.